The first-order valence-corrected chi connectivity index (χ1v) is 24.4. The van der Waals surface area contributed by atoms with Crippen LogP contribution in [0.5, 0.6) is 0 Å². The van der Waals surface area contributed by atoms with Gasteiger partial charge in [-0.15, -0.1) is 0 Å². The van der Waals surface area contributed by atoms with Crippen molar-refractivity contribution in [3.8, 4) is 0 Å². The van der Waals surface area contributed by atoms with E-state index in [9.17, 15) is 4.79 Å². The Morgan fingerprint density at radius 3 is 2.17 bits per heavy atom. The van der Waals surface area contributed by atoms with Crippen LogP contribution in [-0.4, -0.2) is 56.6 Å². The lowest BCUT2D eigenvalue weighted by Crippen LogP contribution is -2.29. The fourth-order valence-corrected chi connectivity index (χ4v) is 7.86. The molecule has 2 heterocycles. The molecule has 0 bridgehead atoms. The van der Waals surface area contributed by atoms with E-state index in [1.165, 1.54) is 29.9 Å². The quantitative estimate of drug-likeness (QED) is 0.0561. The Kier molecular flexibility index (Phi) is 11.3. The summed E-state index contributed by atoms with van der Waals surface area (Å²) in [5, 5.41) is 1.12. The number of hydrogen-bond acceptors (Lipinski definition) is 5. The monoisotopic (exact) mass is 725 g/mol. The van der Waals surface area contributed by atoms with Crippen LogP contribution in [0.15, 0.2) is 47.1 Å². The van der Waals surface area contributed by atoms with Crippen molar-refractivity contribution in [1.29, 1.82) is 0 Å². The number of aromatic nitrogens is 3. The van der Waals surface area contributed by atoms with Gasteiger partial charge in [0.2, 0.25) is 0 Å². The molecular weight excluding hydrogens is 674 g/mol. The number of hydrogen-bond donors (Lipinski definition) is 0. The lowest BCUT2D eigenvalue weighted by atomic mass is 9.75. The molecule has 1 atom stereocenters. The van der Waals surface area contributed by atoms with Gasteiger partial charge in [-0.2, -0.15) is 0 Å². The Bertz CT molecular complexity index is 1750. The predicted octanol–water partition coefficient (Wildman–Crippen LogP) is 9.34. The van der Waals surface area contributed by atoms with E-state index in [4.69, 9.17) is 19.2 Å². The van der Waals surface area contributed by atoms with Crippen LogP contribution in [-0.2, 0) is 37.9 Å². The first kappa shape index (κ1) is 36.3. The molecule has 10 heteroatoms. The zero-order valence-electron chi connectivity index (χ0n) is 29.6. The molecule has 7 nitrogen and oxygen atoms in total. The second-order valence-electron chi connectivity index (χ2n) is 15.0. The van der Waals surface area contributed by atoms with E-state index in [1.807, 2.05) is 18.2 Å². The number of imidazole rings is 1. The Labute approximate surface area is 285 Å². The van der Waals surface area contributed by atoms with Crippen LogP contribution in [0.4, 0.5) is 0 Å². The van der Waals surface area contributed by atoms with Crippen LogP contribution >= 0.6 is 15.9 Å². The highest BCUT2D eigenvalue weighted by Gasteiger charge is 2.37. The van der Waals surface area contributed by atoms with Crippen molar-refractivity contribution in [2.75, 3.05) is 20.3 Å². The summed E-state index contributed by atoms with van der Waals surface area (Å²) >= 11 is 3.64. The molecule has 1 unspecified atom stereocenters. The molecule has 0 aliphatic carbocycles. The number of esters is 1. The average Bonchev–Trinajstić information content (AvgIpc) is 3.55. The second kappa shape index (κ2) is 14.3. The maximum atomic E-state index is 12.6. The number of nitrogens with zero attached hydrogens (tertiary/aromatic N) is 3. The molecule has 0 aliphatic rings. The van der Waals surface area contributed by atoms with E-state index in [-0.39, 0.29) is 0 Å². The van der Waals surface area contributed by atoms with Crippen molar-refractivity contribution < 1.29 is 19.0 Å². The molecule has 0 radical (unpaired) electrons. The lowest BCUT2D eigenvalue weighted by Gasteiger charge is -2.31. The summed E-state index contributed by atoms with van der Waals surface area (Å²) in [6.07, 6.45) is 5.60. The fraction of sp³-hybridized carbons (Fsp3) is 0.500. The Balaban J connectivity index is 1.94. The molecule has 0 N–H and O–H groups in total. The standard InChI is InChI=1S/C36H52BrN3O4Si2/c1-25-26(2)33(29-15-17-39(34(29)27(25)3)23-43-18-20-45(6,7)8)36(4,16-14-32(41)42-5)35-38-30-22-28(37)12-13-31(30)40(35)24-44-19-21-46(9,10)11/h12-17,22H,18-21,23-24H2,1-11H3. The van der Waals surface area contributed by atoms with Gasteiger partial charge < -0.3 is 23.3 Å². The highest BCUT2D eigenvalue weighted by atomic mass is 79.9. The molecule has 46 heavy (non-hydrogen) atoms. The number of allylic oxidation sites excluding steroid dienone is 1. The number of rotatable bonds is 14. The van der Waals surface area contributed by atoms with Gasteiger partial charge in [0, 0.05) is 51.5 Å². The number of carbonyl (C=O) groups is 1. The highest BCUT2D eigenvalue weighted by molar-refractivity contribution is 9.10. The van der Waals surface area contributed by atoms with E-state index >= 15 is 0 Å². The van der Waals surface area contributed by atoms with Crippen molar-refractivity contribution in [2.45, 2.75) is 97.9 Å². The van der Waals surface area contributed by atoms with Gasteiger partial charge in [0.15, 0.2) is 0 Å². The summed E-state index contributed by atoms with van der Waals surface area (Å²) in [5.41, 5.74) is 6.87. The predicted molar refractivity (Wildman–Crippen MR) is 199 cm³/mol. The number of halogens is 1. The van der Waals surface area contributed by atoms with Gasteiger partial charge in [0.05, 0.1) is 29.1 Å². The van der Waals surface area contributed by atoms with Crippen LogP contribution in [0.2, 0.25) is 51.4 Å². The summed E-state index contributed by atoms with van der Waals surface area (Å²) in [7, 11) is -1.06. The summed E-state index contributed by atoms with van der Waals surface area (Å²) in [5.74, 6) is 0.398. The van der Waals surface area contributed by atoms with E-state index in [0.29, 0.717) is 20.1 Å². The third-order valence-corrected chi connectivity index (χ3v) is 12.9. The topological polar surface area (TPSA) is 67.5 Å². The molecule has 0 saturated carbocycles. The molecule has 2 aromatic heterocycles. The Morgan fingerprint density at radius 1 is 0.935 bits per heavy atom. The van der Waals surface area contributed by atoms with Crippen LogP contribution in [0, 0.1) is 20.8 Å². The minimum absolute atomic E-state index is 0.360. The normalized spacial score (nSPS) is 14.1. The highest BCUT2D eigenvalue weighted by Crippen LogP contribution is 2.43. The Morgan fingerprint density at radius 2 is 1.57 bits per heavy atom. The van der Waals surface area contributed by atoms with Crippen molar-refractivity contribution in [2.24, 2.45) is 0 Å². The van der Waals surface area contributed by atoms with Crippen LogP contribution in [0.1, 0.15) is 35.0 Å². The van der Waals surface area contributed by atoms with Crippen molar-refractivity contribution >= 4 is 60.0 Å². The van der Waals surface area contributed by atoms with Gasteiger partial charge >= 0.3 is 5.97 Å². The van der Waals surface area contributed by atoms with Gasteiger partial charge in [-0.3, -0.25) is 0 Å². The van der Waals surface area contributed by atoms with Gasteiger partial charge in [0.1, 0.15) is 19.3 Å². The van der Waals surface area contributed by atoms with Crippen LogP contribution in [0.25, 0.3) is 21.9 Å². The summed E-state index contributed by atoms with van der Waals surface area (Å²) in [6, 6.07) is 10.5. The lowest BCUT2D eigenvalue weighted by molar-refractivity contribution is -0.134. The van der Waals surface area contributed by atoms with Gasteiger partial charge in [0.25, 0.3) is 0 Å². The van der Waals surface area contributed by atoms with Crippen molar-refractivity contribution in [1.82, 2.24) is 14.1 Å². The first-order valence-electron chi connectivity index (χ1n) is 16.1. The van der Waals surface area contributed by atoms with E-state index in [2.05, 4.69) is 110 Å². The number of ether oxygens (including phenoxy) is 3. The third kappa shape index (κ3) is 8.13. The Hall–Kier alpha value is -2.51. The smallest absolute Gasteiger partial charge is 0.330 e. The molecule has 4 rings (SSSR count). The summed E-state index contributed by atoms with van der Waals surface area (Å²) in [4.78, 5) is 17.9. The summed E-state index contributed by atoms with van der Waals surface area (Å²) in [6.45, 7) is 25.2. The van der Waals surface area contributed by atoms with Gasteiger partial charge in [-0.25, -0.2) is 9.78 Å². The minimum Gasteiger partial charge on any atom is -0.466 e. The van der Waals surface area contributed by atoms with E-state index in [1.54, 1.807) is 0 Å². The molecule has 2 aromatic carbocycles. The van der Waals surface area contributed by atoms with E-state index in [0.717, 1.165) is 56.5 Å². The summed E-state index contributed by atoms with van der Waals surface area (Å²) < 4.78 is 23.0. The van der Waals surface area contributed by atoms with Crippen molar-refractivity contribution in [3.05, 3.63) is 75.2 Å². The SMILES string of the molecule is COC(=O)C=CC(C)(c1c(C)c(C)c(C)c2c1ccn2COCC[Si](C)(C)C)c1nc2cc(Br)ccc2n1COCC[Si](C)(C)C. The maximum absolute atomic E-state index is 12.6. The zero-order valence-corrected chi connectivity index (χ0v) is 33.2. The number of aryl methyl sites for hydroxylation is 1. The second-order valence-corrected chi connectivity index (χ2v) is 27.2. The molecule has 0 amide bonds. The fourth-order valence-electron chi connectivity index (χ4n) is 5.99. The molecular formula is C36H52BrN3O4Si2. The molecule has 0 aliphatic heterocycles. The van der Waals surface area contributed by atoms with E-state index < -0.39 is 27.5 Å². The molecule has 0 saturated heterocycles. The number of carbonyl (C=O) groups excluding carboxylic acids is 1. The van der Waals surface area contributed by atoms with Gasteiger partial charge in [-0.05, 0) is 86.3 Å². The maximum Gasteiger partial charge on any atom is 0.330 e. The number of methoxy groups -OCH3 is 1. The molecule has 0 spiro atoms. The van der Waals surface area contributed by atoms with Gasteiger partial charge in [-0.1, -0.05) is 61.3 Å². The minimum atomic E-state index is -1.27. The average molecular weight is 727 g/mol. The molecule has 4 aromatic rings. The first-order chi connectivity index (χ1) is 21.5. The molecule has 0 fully saturated rings. The van der Waals surface area contributed by atoms with Crippen LogP contribution < -0.4 is 0 Å². The van der Waals surface area contributed by atoms with Crippen molar-refractivity contribution in [3.63, 3.8) is 0 Å². The zero-order chi connectivity index (χ0) is 34.0. The number of fused-ring (bicyclic) bond motifs is 2. The largest absolute Gasteiger partial charge is 0.466 e. The third-order valence-electron chi connectivity index (χ3n) is 8.98. The number of benzene rings is 2. The van der Waals surface area contributed by atoms with Crippen LogP contribution in [0.3, 0.4) is 0 Å². The molecule has 250 valence electrons.